The molecule has 0 bridgehead atoms. The zero-order valence-corrected chi connectivity index (χ0v) is 11.2. The molecule has 2 N–H and O–H groups in total. The third-order valence-corrected chi connectivity index (χ3v) is 3.61. The molecule has 0 heterocycles. The van der Waals surface area contributed by atoms with Crippen molar-refractivity contribution in [1.82, 2.24) is 0 Å². The second-order valence-corrected chi connectivity index (χ2v) is 5.16. The van der Waals surface area contributed by atoms with Crippen LogP contribution in [0.2, 0.25) is 5.02 Å². The predicted molar refractivity (Wildman–Crippen MR) is 69.1 cm³/mol. The van der Waals surface area contributed by atoms with Gasteiger partial charge in [-0.2, -0.15) is 0 Å². The summed E-state index contributed by atoms with van der Waals surface area (Å²) in [5, 5.41) is 0.616. The minimum Gasteiger partial charge on any atom is -0.496 e. The van der Waals surface area contributed by atoms with E-state index in [2.05, 4.69) is 0 Å². The van der Waals surface area contributed by atoms with Gasteiger partial charge in [-0.3, -0.25) is 0 Å². The minimum absolute atomic E-state index is 0.0579. The van der Waals surface area contributed by atoms with E-state index in [9.17, 15) is 0 Å². The zero-order valence-electron chi connectivity index (χ0n) is 10.5. The highest BCUT2D eigenvalue weighted by Gasteiger charge is 2.39. The highest BCUT2D eigenvalue weighted by molar-refractivity contribution is 6.32. The van der Waals surface area contributed by atoms with E-state index >= 15 is 0 Å². The molecule has 0 unspecified atom stereocenters. The lowest BCUT2D eigenvalue weighted by Crippen LogP contribution is -2.24. The van der Waals surface area contributed by atoms with Gasteiger partial charge >= 0.3 is 0 Å². The fourth-order valence-electron chi connectivity index (χ4n) is 2.19. The molecule has 17 heavy (non-hydrogen) atoms. The largest absolute Gasteiger partial charge is 0.496 e. The lowest BCUT2D eigenvalue weighted by molar-refractivity contribution is 0.384. The van der Waals surface area contributed by atoms with Gasteiger partial charge in [0.25, 0.3) is 0 Å². The first-order chi connectivity index (χ1) is 8.00. The summed E-state index contributed by atoms with van der Waals surface area (Å²) in [7, 11) is 3.27. The van der Waals surface area contributed by atoms with E-state index in [1.807, 2.05) is 13.0 Å². The number of nitrogens with two attached hydrogens (primary N) is 1. The highest BCUT2D eigenvalue weighted by atomic mass is 35.5. The maximum atomic E-state index is 6.19. The monoisotopic (exact) mass is 255 g/mol. The highest BCUT2D eigenvalue weighted by Crippen LogP contribution is 2.43. The topological polar surface area (TPSA) is 44.5 Å². The lowest BCUT2D eigenvalue weighted by Gasteiger charge is -2.18. The fraction of sp³-hybridized carbons (Fsp3) is 0.538. The fourth-order valence-corrected chi connectivity index (χ4v) is 2.54. The Bertz CT molecular complexity index is 442. The van der Waals surface area contributed by atoms with E-state index in [4.69, 9.17) is 26.8 Å². The van der Waals surface area contributed by atoms with Crippen LogP contribution in [0.3, 0.4) is 0 Å². The van der Waals surface area contributed by atoms with Crippen LogP contribution < -0.4 is 15.2 Å². The average molecular weight is 256 g/mol. The van der Waals surface area contributed by atoms with Crippen LogP contribution in [0.5, 0.6) is 11.5 Å². The van der Waals surface area contributed by atoms with Gasteiger partial charge in [-0.05, 0) is 37.8 Å². The van der Waals surface area contributed by atoms with E-state index in [1.165, 1.54) is 0 Å². The standard InChI is InChI=1S/C13H18ClNO2/c1-8-11(16-2)9(7-13(15)4-5-13)6-10(14)12(8)17-3/h6H,4-5,7,15H2,1-3H3. The van der Waals surface area contributed by atoms with Crippen molar-refractivity contribution in [2.45, 2.75) is 31.7 Å². The number of hydrogen-bond donors (Lipinski definition) is 1. The van der Waals surface area contributed by atoms with Crippen LogP contribution in [0.15, 0.2) is 6.07 Å². The molecule has 0 aliphatic heterocycles. The third kappa shape index (κ3) is 2.35. The van der Waals surface area contributed by atoms with Crippen molar-refractivity contribution < 1.29 is 9.47 Å². The van der Waals surface area contributed by atoms with Crippen molar-refractivity contribution >= 4 is 11.6 Å². The van der Waals surface area contributed by atoms with Crippen LogP contribution in [-0.4, -0.2) is 19.8 Å². The van der Waals surface area contributed by atoms with Crippen molar-refractivity contribution in [3.05, 3.63) is 22.2 Å². The van der Waals surface area contributed by atoms with Gasteiger partial charge in [0.15, 0.2) is 0 Å². The number of methoxy groups -OCH3 is 2. The summed E-state index contributed by atoms with van der Waals surface area (Å²) >= 11 is 6.19. The minimum atomic E-state index is -0.0579. The van der Waals surface area contributed by atoms with Crippen molar-refractivity contribution in [3.63, 3.8) is 0 Å². The number of rotatable bonds is 4. The lowest BCUT2D eigenvalue weighted by atomic mass is 10.0. The molecule has 0 aromatic heterocycles. The van der Waals surface area contributed by atoms with Gasteiger partial charge in [0.1, 0.15) is 11.5 Å². The summed E-state index contributed by atoms with van der Waals surface area (Å²) < 4.78 is 10.7. The van der Waals surface area contributed by atoms with Crippen molar-refractivity contribution in [1.29, 1.82) is 0 Å². The number of benzene rings is 1. The molecule has 0 spiro atoms. The molecule has 2 rings (SSSR count). The Morgan fingerprint density at radius 3 is 2.35 bits per heavy atom. The maximum absolute atomic E-state index is 6.19. The van der Waals surface area contributed by atoms with E-state index in [1.54, 1.807) is 14.2 Å². The van der Waals surface area contributed by atoms with Gasteiger partial charge in [-0.15, -0.1) is 0 Å². The van der Waals surface area contributed by atoms with Crippen molar-refractivity contribution in [3.8, 4) is 11.5 Å². The van der Waals surface area contributed by atoms with E-state index in [-0.39, 0.29) is 5.54 Å². The molecule has 1 aromatic rings. The first-order valence-corrected chi connectivity index (χ1v) is 6.07. The molecule has 3 nitrogen and oxygen atoms in total. The molecule has 1 saturated carbocycles. The first kappa shape index (κ1) is 12.5. The number of halogens is 1. The molecule has 1 aliphatic carbocycles. The Morgan fingerprint density at radius 2 is 1.88 bits per heavy atom. The van der Waals surface area contributed by atoms with Gasteiger partial charge in [0, 0.05) is 11.1 Å². The predicted octanol–water partition coefficient (Wildman–Crippen LogP) is 2.70. The molecule has 0 amide bonds. The second-order valence-electron chi connectivity index (χ2n) is 4.75. The van der Waals surface area contributed by atoms with Crippen LogP contribution in [-0.2, 0) is 6.42 Å². The van der Waals surface area contributed by atoms with Crippen molar-refractivity contribution in [2.24, 2.45) is 5.73 Å². The molecule has 1 fully saturated rings. The molecule has 1 aliphatic rings. The van der Waals surface area contributed by atoms with E-state index in [0.717, 1.165) is 36.1 Å². The summed E-state index contributed by atoms with van der Waals surface area (Å²) in [6.07, 6.45) is 2.94. The van der Waals surface area contributed by atoms with Crippen LogP contribution in [0.1, 0.15) is 24.0 Å². The Kier molecular flexibility index (Phi) is 3.23. The van der Waals surface area contributed by atoms with E-state index in [0.29, 0.717) is 10.8 Å². The molecule has 0 atom stereocenters. The van der Waals surface area contributed by atoms with Crippen molar-refractivity contribution in [2.75, 3.05) is 14.2 Å². The molecule has 4 heteroatoms. The van der Waals surface area contributed by atoms with Crippen LogP contribution >= 0.6 is 11.6 Å². The van der Waals surface area contributed by atoms with Gasteiger partial charge in [0.05, 0.1) is 19.2 Å². The Balaban J connectivity index is 2.44. The summed E-state index contributed by atoms with van der Waals surface area (Å²) in [6.45, 7) is 1.95. The maximum Gasteiger partial charge on any atom is 0.144 e. The number of ether oxygens (including phenoxy) is 2. The number of hydrogen-bond acceptors (Lipinski definition) is 3. The van der Waals surface area contributed by atoms with Crippen LogP contribution in [0, 0.1) is 6.92 Å². The molecular weight excluding hydrogens is 238 g/mol. The first-order valence-electron chi connectivity index (χ1n) is 5.69. The molecule has 0 saturated heterocycles. The van der Waals surface area contributed by atoms with Gasteiger partial charge in [0.2, 0.25) is 0 Å². The Labute approximate surface area is 107 Å². The third-order valence-electron chi connectivity index (χ3n) is 3.33. The van der Waals surface area contributed by atoms with Gasteiger partial charge in [-0.25, -0.2) is 0 Å². The summed E-state index contributed by atoms with van der Waals surface area (Å²) in [5.41, 5.74) is 8.08. The Hall–Kier alpha value is -0.930. The van der Waals surface area contributed by atoms with Gasteiger partial charge in [-0.1, -0.05) is 11.6 Å². The normalized spacial score (nSPS) is 16.8. The summed E-state index contributed by atoms with van der Waals surface area (Å²) in [5.74, 6) is 1.51. The molecular formula is C13H18ClNO2. The molecule has 94 valence electrons. The van der Waals surface area contributed by atoms with Crippen LogP contribution in [0.25, 0.3) is 0 Å². The van der Waals surface area contributed by atoms with E-state index < -0.39 is 0 Å². The smallest absolute Gasteiger partial charge is 0.144 e. The van der Waals surface area contributed by atoms with Crippen LogP contribution in [0.4, 0.5) is 0 Å². The summed E-state index contributed by atoms with van der Waals surface area (Å²) in [6, 6.07) is 1.90. The quantitative estimate of drug-likeness (QED) is 0.900. The summed E-state index contributed by atoms with van der Waals surface area (Å²) in [4.78, 5) is 0. The van der Waals surface area contributed by atoms with Gasteiger partial charge < -0.3 is 15.2 Å². The molecule has 1 aromatic carbocycles. The second kappa shape index (κ2) is 4.39. The zero-order chi connectivity index (χ0) is 12.6. The Morgan fingerprint density at radius 1 is 1.29 bits per heavy atom. The SMILES string of the molecule is COc1c(Cl)cc(CC2(N)CC2)c(OC)c1C. The average Bonchev–Trinajstić information content (AvgIpc) is 2.96. The molecule has 0 radical (unpaired) electrons.